The lowest BCUT2D eigenvalue weighted by molar-refractivity contribution is 0.0817. The Morgan fingerprint density at radius 2 is 2.00 bits per heavy atom. The second-order valence-corrected chi connectivity index (χ2v) is 5.35. The van der Waals surface area contributed by atoms with Gasteiger partial charge in [0.1, 0.15) is 0 Å². The number of hydrogen-bond donors (Lipinski definition) is 1. The molecule has 1 aliphatic rings. The van der Waals surface area contributed by atoms with Gasteiger partial charge in [0, 0.05) is 12.6 Å². The Bertz CT molecular complexity index is 417. The van der Waals surface area contributed by atoms with E-state index in [1.54, 1.807) is 6.07 Å². The lowest BCUT2D eigenvalue weighted by atomic mass is 9.92. The summed E-state index contributed by atoms with van der Waals surface area (Å²) in [6.45, 7) is 0.724. The van der Waals surface area contributed by atoms with Gasteiger partial charge in [0.25, 0.3) is 0 Å². The lowest BCUT2D eigenvalue weighted by Crippen LogP contribution is -2.35. The van der Waals surface area contributed by atoms with E-state index in [1.165, 1.54) is 13.2 Å². The van der Waals surface area contributed by atoms with Gasteiger partial charge in [0.15, 0.2) is 11.6 Å². The van der Waals surface area contributed by atoms with Crippen molar-refractivity contribution in [1.29, 1.82) is 0 Å². The molecule has 0 aliphatic heterocycles. The minimum Gasteiger partial charge on any atom is -0.494 e. The number of aliphatic hydroxyl groups is 1. The molecule has 1 N–H and O–H groups in total. The van der Waals surface area contributed by atoms with Crippen LogP contribution >= 0.6 is 0 Å². The Morgan fingerprint density at radius 3 is 2.58 bits per heavy atom. The van der Waals surface area contributed by atoms with Crippen molar-refractivity contribution in [2.45, 2.75) is 44.4 Å². The molecule has 0 radical (unpaired) electrons. The zero-order valence-corrected chi connectivity index (χ0v) is 11.6. The SMILES string of the molecule is COc1ccc(CN(C)C2CCC(O)CC2)cc1F. The van der Waals surface area contributed by atoms with Crippen LogP contribution in [0, 0.1) is 5.82 Å². The van der Waals surface area contributed by atoms with Crippen LogP contribution in [0.2, 0.25) is 0 Å². The number of benzene rings is 1. The van der Waals surface area contributed by atoms with Crippen LogP contribution < -0.4 is 4.74 Å². The van der Waals surface area contributed by atoms with Crippen LogP contribution in [0.15, 0.2) is 18.2 Å². The fourth-order valence-corrected chi connectivity index (χ4v) is 2.72. The average molecular weight is 267 g/mol. The van der Waals surface area contributed by atoms with Gasteiger partial charge in [-0.3, -0.25) is 4.90 Å². The summed E-state index contributed by atoms with van der Waals surface area (Å²) in [7, 11) is 3.53. The number of halogens is 1. The van der Waals surface area contributed by atoms with Crippen molar-refractivity contribution >= 4 is 0 Å². The maximum Gasteiger partial charge on any atom is 0.165 e. The molecule has 1 aromatic rings. The standard InChI is InChI=1S/C15H22FNO2/c1-17(12-4-6-13(18)7-5-12)10-11-3-8-15(19-2)14(16)9-11/h3,8-9,12-13,18H,4-7,10H2,1-2H3. The van der Waals surface area contributed by atoms with Crippen LogP contribution in [0.5, 0.6) is 5.75 Å². The van der Waals surface area contributed by atoms with Gasteiger partial charge in [-0.2, -0.15) is 0 Å². The predicted octanol–water partition coefficient (Wildman–Crippen LogP) is 2.57. The Hall–Kier alpha value is -1.13. The van der Waals surface area contributed by atoms with Crippen LogP contribution in [-0.2, 0) is 6.54 Å². The number of rotatable bonds is 4. The maximum absolute atomic E-state index is 13.6. The number of methoxy groups -OCH3 is 1. The van der Waals surface area contributed by atoms with Crippen LogP contribution in [0.3, 0.4) is 0 Å². The molecule has 0 heterocycles. The van der Waals surface area contributed by atoms with Gasteiger partial charge < -0.3 is 9.84 Å². The highest BCUT2D eigenvalue weighted by Gasteiger charge is 2.22. The molecule has 1 fully saturated rings. The summed E-state index contributed by atoms with van der Waals surface area (Å²) in [5, 5.41) is 9.51. The summed E-state index contributed by atoms with van der Waals surface area (Å²) in [6.07, 6.45) is 3.62. The van der Waals surface area contributed by atoms with Crippen molar-refractivity contribution < 1.29 is 14.2 Å². The van der Waals surface area contributed by atoms with Crippen molar-refractivity contribution in [2.24, 2.45) is 0 Å². The molecule has 1 aliphatic carbocycles. The fraction of sp³-hybridized carbons (Fsp3) is 0.600. The summed E-state index contributed by atoms with van der Waals surface area (Å²) in [5.74, 6) is -0.0281. The molecule has 0 aromatic heterocycles. The molecule has 3 nitrogen and oxygen atoms in total. The first-order valence-electron chi connectivity index (χ1n) is 6.81. The molecule has 1 aromatic carbocycles. The second-order valence-electron chi connectivity index (χ2n) is 5.35. The fourth-order valence-electron chi connectivity index (χ4n) is 2.72. The van der Waals surface area contributed by atoms with Crippen molar-refractivity contribution in [3.8, 4) is 5.75 Å². The van der Waals surface area contributed by atoms with Gasteiger partial charge in [0.05, 0.1) is 13.2 Å². The monoisotopic (exact) mass is 267 g/mol. The van der Waals surface area contributed by atoms with E-state index in [-0.39, 0.29) is 17.7 Å². The Kier molecular flexibility index (Phi) is 4.77. The number of aliphatic hydroxyl groups excluding tert-OH is 1. The third kappa shape index (κ3) is 3.67. The van der Waals surface area contributed by atoms with Gasteiger partial charge in [0.2, 0.25) is 0 Å². The van der Waals surface area contributed by atoms with E-state index >= 15 is 0 Å². The Labute approximate surface area is 114 Å². The summed E-state index contributed by atoms with van der Waals surface area (Å²) >= 11 is 0. The van der Waals surface area contributed by atoms with Gasteiger partial charge in [-0.15, -0.1) is 0 Å². The number of hydrogen-bond acceptors (Lipinski definition) is 3. The first-order chi connectivity index (χ1) is 9.10. The highest BCUT2D eigenvalue weighted by atomic mass is 19.1. The molecule has 2 rings (SSSR count). The van der Waals surface area contributed by atoms with Gasteiger partial charge in [-0.25, -0.2) is 4.39 Å². The van der Waals surface area contributed by atoms with Gasteiger partial charge in [-0.1, -0.05) is 6.07 Å². The molecule has 0 spiro atoms. The number of nitrogens with zero attached hydrogens (tertiary/aromatic N) is 1. The third-order valence-electron chi connectivity index (χ3n) is 3.94. The topological polar surface area (TPSA) is 32.7 Å². The van der Waals surface area contributed by atoms with E-state index in [2.05, 4.69) is 11.9 Å². The molecule has 106 valence electrons. The number of ether oxygens (including phenoxy) is 1. The van der Waals surface area contributed by atoms with E-state index in [4.69, 9.17) is 4.74 Å². The van der Waals surface area contributed by atoms with Crippen LogP contribution in [0.25, 0.3) is 0 Å². The van der Waals surface area contributed by atoms with Crippen molar-refractivity contribution in [1.82, 2.24) is 4.90 Å². The lowest BCUT2D eigenvalue weighted by Gasteiger charge is -2.33. The van der Waals surface area contributed by atoms with Gasteiger partial charge >= 0.3 is 0 Å². The van der Waals surface area contributed by atoms with Crippen molar-refractivity contribution in [3.05, 3.63) is 29.6 Å². The molecule has 0 bridgehead atoms. The predicted molar refractivity (Wildman–Crippen MR) is 72.7 cm³/mol. The molecule has 19 heavy (non-hydrogen) atoms. The van der Waals surface area contributed by atoms with E-state index < -0.39 is 0 Å². The summed E-state index contributed by atoms with van der Waals surface area (Å²) in [5.41, 5.74) is 0.951. The zero-order valence-electron chi connectivity index (χ0n) is 11.6. The van der Waals surface area contributed by atoms with Crippen molar-refractivity contribution in [2.75, 3.05) is 14.2 Å². The van der Waals surface area contributed by atoms with Crippen LogP contribution in [-0.4, -0.2) is 36.3 Å². The zero-order chi connectivity index (χ0) is 13.8. The molecule has 0 unspecified atom stereocenters. The van der Waals surface area contributed by atoms with E-state index in [9.17, 15) is 9.50 Å². The minimum absolute atomic E-state index is 0.136. The molecule has 0 amide bonds. The van der Waals surface area contributed by atoms with E-state index in [0.29, 0.717) is 6.04 Å². The van der Waals surface area contributed by atoms with Crippen molar-refractivity contribution in [3.63, 3.8) is 0 Å². The summed E-state index contributed by atoms with van der Waals surface area (Å²) < 4.78 is 18.5. The quantitative estimate of drug-likeness (QED) is 0.910. The Balaban J connectivity index is 1.95. The first-order valence-corrected chi connectivity index (χ1v) is 6.81. The second kappa shape index (κ2) is 6.35. The maximum atomic E-state index is 13.6. The summed E-state index contributed by atoms with van der Waals surface area (Å²) in [6, 6.07) is 5.58. The minimum atomic E-state index is -0.313. The van der Waals surface area contributed by atoms with Gasteiger partial charge in [-0.05, 0) is 50.4 Å². The van der Waals surface area contributed by atoms with E-state index in [1.807, 2.05) is 6.07 Å². The third-order valence-corrected chi connectivity index (χ3v) is 3.94. The average Bonchev–Trinajstić information content (AvgIpc) is 2.39. The Morgan fingerprint density at radius 1 is 1.32 bits per heavy atom. The molecule has 0 atom stereocenters. The molecule has 0 saturated heterocycles. The molecular formula is C15H22FNO2. The molecule has 1 saturated carbocycles. The normalized spacial score (nSPS) is 23.6. The summed E-state index contributed by atoms with van der Waals surface area (Å²) in [4.78, 5) is 2.24. The molecular weight excluding hydrogens is 245 g/mol. The molecule has 4 heteroatoms. The smallest absolute Gasteiger partial charge is 0.165 e. The highest BCUT2D eigenvalue weighted by molar-refractivity contribution is 5.29. The van der Waals surface area contributed by atoms with Crippen LogP contribution in [0.1, 0.15) is 31.2 Å². The largest absolute Gasteiger partial charge is 0.494 e. The highest BCUT2D eigenvalue weighted by Crippen LogP contribution is 2.24. The van der Waals surface area contributed by atoms with Crippen LogP contribution in [0.4, 0.5) is 4.39 Å². The first kappa shape index (κ1) is 14.3. The van der Waals surface area contributed by atoms with E-state index in [0.717, 1.165) is 37.8 Å².